The van der Waals surface area contributed by atoms with Gasteiger partial charge in [0, 0.05) is 23.7 Å². The van der Waals surface area contributed by atoms with Gasteiger partial charge in [-0.15, -0.1) is 0 Å². The van der Waals surface area contributed by atoms with Gasteiger partial charge in [-0.25, -0.2) is 5.43 Å². The van der Waals surface area contributed by atoms with E-state index >= 15 is 0 Å². The molecule has 4 rings (SSSR count). The Morgan fingerprint density at radius 3 is 2.53 bits per heavy atom. The lowest BCUT2D eigenvalue weighted by Crippen LogP contribution is -2.23. The van der Waals surface area contributed by atoms with Crippen LogP contribution in [0.1, 0.15) is 53.6 Å². The fraction of sp³-hybridized carbons (Fsp3) is 0.286. The van der Waals surface area contributed by atoms with Crippen LogP contribution in [0.5, 0.6) is 5.75 Å². The topological polar surface area (TPSA) is 74.8 Å². The number of nitrogens with zero attached hydrogens (tertiary/aromatic N) is 1. The van der Waals surface area contributed by atoms with Gasteiger partial charge in [0.25, 0.3) is 5.91 Å². The molecule has 0 aliphatic heterocycles. The first-order chi connectivity index (χ1) is 16.7. The van der Waals surface area contributed by atoms with Gasteiger partial charge in [-0.2, -0.15) is 5.10 Å². The number of nitrogens with one attached hydrogen (secondary N) is 3. The molecule has 0 saturated heterocycles. The maximum Gasteiger partial charge on any atom is 0.271 e. The molecule has 3 N–H and O–H groups in total. The maximum absolute atomic E-state index is 12.8. The lowest BCUT2D eigenvalue weighted by Gasteiger charge is -2.25. The zero-order valence-electron chi connectivity index (χ0n) is 19.6. The third kappa shape index (κ3) is 6.38. The molecule has 0 aromatic heterocycles. The van der Waals surface area contributed by atoms with Crippen LogP contribution in [-0.2, 0) is 6.54 Å². The zero-order valence-corrected chi connectivity index (χ0v) is 19.6. The van der Waals surface area contributed by atoms with E-state index in [-0.39, 0.29) is 5.91 Å². The lowest BCUT2D eigenvalue weighted by molar-refractivity contribution is 0.0955. The highest BCUT2D eigenvalue weighted by Crippen LogP contribution is 2.28. The Kier molecular flexibility index (Phi) is 8.17. The van der Waals surface area contributed by atoms with Crippen LogP contribution >= 0.6 is 0 Å². The summed E-state index contributed by atoms with van der Waals surface area (Å²) in [7, 11) is 1.61. The van der Waals surface area contributed by atoms with Crippen molar-refractivity contribution in [3.63, 3.8) is 0 Å². The Morgan fingerprint density at radius 1 is 0.971 bits per heavy atom. The average Bonchev–Trinajstić information content (AvgIpc) is 2.89. The van der Waals surface area contributed by atoms with Gasteiger partial charge < -0.3 is 15.4 Å². The third-order valence-electron chi connectivity index (χ3n) is 6.08. The van der Waals surface area contributed by atoms with Crippen molar-refractivity contribution in [2.24, 2.45) is 5.10 Å². The van der Waals surface area contributed by atoms with Crippen molar-refractivity contribution < 1.29 is 9.53 Å². The molecule has 0 radical (unpaired) electrons. The minimum Gasteiger partial charge on any atom is -0.496 e. The van der Waals surface area contributed by atoms with Crippen molar-refractivity contribution in [1.29, 1.82) is 0 Å². The van der Waals surface area contributed by atoms with E-state index in [4.69, 9.17) is 4.74 Å². The third-order valence-corrected chi connectivity index (χ3v) is 6.08. The molecular weight excluding hydrogens is 424 g/mol. The van der Waals surface area contributed by atoms with Crippen LogP contribution in [0.4, 0.5) is 11.4 Å². The van der Waals surface area contributed by atoms with Crippen LogP contribution in [0.15, 0.2) is 77.9 Å². The Morgan fingerprint density at radius 2 is 1.74 bits per heavy atom. The van der Waals surface area contributed by atoms with Gasteiger partial charge in [0.1, 0.15) is 5.75 Å². The van der Waals surface area contributed by atoms with Gasteiger partial charge in [0.15, 0.2) is 0 Å². The van der Waals surface area contributed by atoms with Gasteiger partial charge in [0.05, 0.1) is 24.7 Å². The van der Waals surface area contributed by atoms with E-state index in [0.29, 0.717) is 23.9 Å². The summed E-state index contributed by atoms with van der Waals surface area (Å²) in [6.07, 6.45) is 7.77. The molecule has 3 aromatic rings. The molecule has 1 saturated carbocycles. The van der Waals surface area contributed by atoms with Crippen molar-refractivity contribution >= 4 is 23.5 Å². The molecular formula is C28H32N4O2. The number of amides is 1. The van der Waals surface area contributed by atoms with Crippen molar-refractivity contribution in [3.05, 3.63) is 89.5 Å². The van der Waals surface area contributed by atoms with E-state index in [1.165, 1.54) is 37.7 Å². The van der Waals surface area contributed by atoms with Crippen molar-refractivity contribution in [2.75, 3.05) is 17.7 Å². The average molecular weight is 457 g/mol. The predicted octanol–water partition coefficient (Wildman–Crippen LogP) is 5.82. The van der Waals surface area contributed by atoms with E-state index in [2.05, 4.69) is 33.3 Å². The predicted molar refractivity (Wildman–Crippen MR) is 139 cm³/mol. The molecule has 1 aliphatic carbocycles. The minimum atomic E-state index is -0.266. The zero-order chi connectivity index (χ0) is 23.6. The summed E-state index contributed by atoms with van der Waals surface area (Å²) >= 11 is 0. The van der Waals surface area contributed by atoms with Gasteiger partial charge in [-0.05, 0) is 48.7 Å². The van der Waals surface area contributed by atoms with Crippen molar-refractivity contribution in [2.45, 2.75) is 44.7 Å². The van der Waals surface area contributed by atoms with Gasteiger partial charge in [-0.3, -0.25) is 4.79 Å². The van der Waals surface area contributed by atoms with Crippen LogP contribution in [0.3, 0.4) is 0 Å². The summed E-state index contributed by atoms with van der Waals surface area (Å²) in [5, 5.41) is 11.3. The summed E-state index contributed by atoms with van der Waals surface area (Å²) < 4.78 is 5.32. The number of rotatable bonds is 9. The molecule has 0 spiro atoms. The Balaban J connectivity index is 1.48. The molecule has 34 heavy (non-hydrogen) atoms. The molecule has 6 nitrogen and oxygen atoms in total. The van der Waals surface area contributed by atoms with E-state index in [1.54, 1.807) is 13.3 Å². The van der Waals surface area contributed by atoms with Gasteiger partial charge in [-0.1, -0.05) is 61.7 Å². The summed E-state index contributed by atoms with van der Waals surface area (Å²) in [5.74, 6) is 0.434. The standard InChI is InChI=1S/C28H32N4O2/c1-34-27-15-9-8-12-23(27)20-30-32-28(33)22-16-17-25(31-24-13-6-3-7-14-24)26(18-22)29-19-21-10-4-2-5-11-21/h2,4-5,8-12,15-18,20,24,29,31H,3,6-7,13-14,19H2,1H3,(H,32,33)/b30-20+. The molecule has 176 valence electrons. The molecule has 3 aromatic carbocycles. The molecule has 1 amide bonds. The number of hydrogen-bond donors (Lipinski definition) is 3. The minimum absolute atomic E-state index is 0.266. The van der Waals surface area contributed by atoms with Crippen LogP contribution < -0.4 is 20.8 Å². The first-order valence-electron chi connectivity index (χ1n) is 11.9. The van der Waals surface area contributed by atoms with Crippen LogP contribution in [0, 0.1) is 0 Å². The van der Waals surface area contributed by atoms with Crippen LogP contribution in [-0.4, -0.2) is 25.3 Å². The second-order valence-corrected chi connectivity index (χ2v) is 8.52. The Bertz CT molecular complexity index is 1110. The summed E-state index contributed by atoms with van der Waals surface area (Å²) in [5.41, 5.74) is 7.09. The lowest BCUT2D eigenvalue weighted by atomic mass is 9.95. The van der Waals surface area contributed by atoms with Gasteiger partial charge >= 0.3 is 0 Å². The maximum atomic E-state index is 12.8. The number of anilines is 2. The number of hydrogen-bond acceptors (Lipinski definition) is 5. The van der Waals surface area contributed by atoms with Crippen LogP contribution in [0.25, 0.3) is 0 Å². The quantitative estimate of drug-likeness (QED) is 0.280. The second-order valence-electron chi connectivity index (χ2n) is 8.52. The first-order valence-corrected chi connectivity index (χ1v) is 11.9. The number of carbonyl (C=O) groups excluding carboxylic acids is 1. The smallest absolute Gasteiger partial charge is 0.271 e. The highest BCUT2D eigenvalue weighted by Gasteiger charge is 2.16. The fourth-order valence-electron chi connectivity index (χ4n) is 4.22. The molecule has 0 heterocycles. The van der Waals surface area contributed by atoms with E-state index < -0.39 is 0 Å². The monoisotopic (exact) mass is 456 g/mol. The number of benzene rings is 3. The molecule has 0 atom stereocenters. The van der Waals surface area contributed by atoms with Crippen LogP contribution in [0.2, 0.25) is 0 Å². The highest BCUT2D eigenvalue weighted by molar-refractivity contribution is 5.97. The van der Waals surface area contributed by atoms with E-state index in [0.717, 1.165) is 16.9 Å². The summed E-state index contributed by atoms with van der Waals surface area (Å²) in [4.78, 5) is 12.8. The molecule has 1 aliphatic rings. The summed E-state index contributed by atoms with van der Waals surface area (Å²) in [6, 6.07) is 24.0. The largest absolute Gasteiger partial charge is 0.496 e. The summed E-state index contributed by atoms with van der Waals surface area (Å²) in [6.45, 7) is 0.678. The molecule has 0 unspecified atom stereocenters. The van der Waals surface area contributed by atoms with Crippen molar-refractivity contribution in [1.82, 2.24) is 5.43 Å². The number of carbonyl (C=O) groups is 1. The first kappa shape index (κ1) is 23.4. The highest BCUT2D eigenvalue weighted by atomic mass is 16.5. The second kappa shape index (κ2) is 11.9. The fourth-order valence-corrected chi connectivity index (χ4v) is 4.22. The van der Waals surface area contributed by atoms with E-state index in [1.807, 2.05) is 60.7 Å². The van der Waals surface area contributed by atoms with Gasteiger partial charge in [0.2, 0.25) is 0 Å². The SMILES string of the molecule is COc1ccccc1/C=N/NC(=O)c1ccc(NC2CCCCC2)c(NCc2ccccc2)c1. The number of methoxy groups -OCH3 is 1. The normalized spacial score (nSPS) is 14.0. The molecule has 1 fully saturated rings. The van der Waals surface area contributed by atoms with E-state index in [9.17, 15) is 4.79 Å². The number of para-hydroxylation sites is 1. The molecule has 6 heteroatoms. The van der Waals surface area contributed by atoms with Crippen molar-refractivity contribution in [3.8, 4) is 5.75 Å². The number of hydrazone groups is 1. The number of ether oxygens (including phenoxy) is 1. The Labute approximate surface area is 201 Å². The molecule has 0 bridgehead atoms. The Hall–Kier alpha value is -3.80.